The fourth-order valence-electron chi connectivity index (χ4n) is 1.63. The Morgan fingerprint density at radius 1 is 1.31 bits per heavy atom. The van der Waals surface area contributed by atoms with Crippen LogP contribution < -0.4 is 0 Å². The first kappa shape index (κ1) is 12.7. The summed E-state index contributed by atoms with van der Waals surface area (Å²) in [5.41, 5.74) is 1.80. The number of carbonyl (C=O) groups excluding carboxylic acids is 1. The van der Waals surface area contributed by atoms with Crippen molar-refractivity contribution in [2.75, 3.05) is 14.1 Å². The van der Waals surface area contributed by atoms with Crippen LogP contribution >= 0.6 is 0 Å². The third-order valence-electron chi connectivity index (χ3n) is 2.62. The first-order chi connectivity index (χ1) is 7.52. The zero-order valence-corrected chi connectivity index (χ0v) is 10.2. The number of nitrogens with zero attached hydrogens (tertiary/aromatic N) is 1. The maximum Gasteiger partial charge on any atom is 0.175 e. The number of benzene rings is 1. The largest absolute Gasteiger partial charge is 0.299 e. The van der Waals surface area contributed by atoms with Gasteiger partial charge in [-0.1, -0.05) is 36.9 Å². The van der Waals surface area contributed by atoms with Crippen molar-refractivity contribution in [3.8, 4) is 0 Å². The molecule has 1 atom stereocenters. The Labute approximate surface area is 97.6 Å². The molecule has 0 aliphatic heterocycles. The van der Waals surface area contributed by atoms with Gasteiger partial charge >= 0.3 is 0 Å². The lowest BCUT2D eigenvalue weighted by Crippen LogP contribution is -2.38. The molecule has 0 aliphatic rings. The van der Waals surface area contributed by atoms with E-state index in [1.807, 2.05) is 49.3 Å². The van der Waals surface area contributed by atoms with Crippen molar-refractivity contribution < 1.29 is 4.79 Å². The number of rotatable bonds is 5. The van der Waals surface area contributed by atoms with Crippen LogP contribution in [0, 0.1) is 0 Å². The van der Waals surface area contributed by atoms with Crippen LogP contribution in [0.2, 0.25) is 0 Å². The SMILES string of the molecule is C=C(C)C(=O)[C@@H](Cc1ccccc1)N(C)C. The second kappa shape index (κ2) is 5.61. The lowest BCUT2D eigenvalue weighted by atomic mass is 9.98. The lowest BCUT2D eigenvalue weighted by molar-refractivity contribution is -0.119. The second-order valence-corrected chi connectivity index (χ2v) is 4.31. The van der Waals surface area contributed by atoms with E-state index >= 15 is 0 Å². The van der Waals surface area contributed by atoms with E-state index in [9.17, 15) is 4.79 Å². The van der Waals surface area contributed by atoms with Crippen molar-refractivity contribution in [3.05, 3.63) is 48.0 Å². The summed E-state index contributed by atoms with van der Waals surface area (Å²) >= 11 is 0. The minimum Gasteiger partial charge on any atom is -0.299 e. The maximum atomic E-state index is 11.9. The van der Waals surface area contributed by atoms with Gasteiger partial charge in [0.25, 0.3) is 0 Å². The van der Waals surface area contributed by atoms with E-state index in [0.717, 1.165) is 6.42 Å². The Hall–Kier alpha value is -1.41. The molecule has 0 spiro atoms. The molecule has 0 bridgehead atoms. The van der Waals surface area contributed by atoms with Crippen LogP contribution in [-0.2, 0) is 11.2 Å². The molecule has 1 aromatic rings. The molecule has 16 heavy (non-hydrogen) atoms. The minimum absolute atomic E-state index is 0.111. The molecule has 0 N–H and O–H groups in total. The highest BCUT2D eigenvalue weighted by atomic mass is 16.1. The van der Waals surface area contributed by atoms with Crippen molar-refractivity contribution >= 4 is 5.78 Å². The summed E-state index contributed by atoms with van der Waals surface area (Å²) in [6.45, 7) is 5.49. The molecule has 0 amide bonds. The fraction of sp³-hybridized carbons (Fsp3) is 0.357. The van der Waals surface area contributed by atoms with Crippen LogP contribution in [0.3, 0.4) is 0 Å². The highest BCUT2D eigenvalue weighted by Gasteiger charge is 2.21. The zero-order valence-electron chi connectivity index (χ0n) is 10.2. The van der Waals surface area contributed by atoms with Crippen LogP contribution in [0.25, 0.3) is 0 Å². The van der Waals surface area contributed by atoms with Gasteiger partial charge in [0.2, 0.25) is 0 Å². The first-order valence-electron chi connectivity index (χ1n) is 5.42. The molecule has 0 saturated carbocycles. The molecular weight excluding hydrogens is 198 g/mol. The van der Waals surface area contributed by atoms with Crippen molar-refractivity contribution in [2.24, 2.45) is 0 Å². The van der Waals surface area contributed by atoms with Gasteiger partial charge in [-0.25, -0.2) is 0 Å². The van der Waals surface area contributed by atoms with Gasteiger partial charge in [0, 0.05) is 0 Å². The fourth-order valence-corrected chi connectivity index (χ4v) is 1.63. The molecule has 0 heterocycles. The van der Waals surface area contributed by atoms with Gasteiger partial charge in [-0.2, -0.15) is 0 Å². The molecule has 0 saturated heterocycles. The molecule has 2 nitrogen and oxygen atoms in total. The van der Waals surface area contributed by atoms with E-state index in [-0.39, 0.29) is 11.8 Å². The number of Topliss-reactive ketones (excluding diaryl/α,β-unsaturated/α-hetero) is 1. The van der Waals surface area contributed by atoms with E-state index in [0.29, 0.717) is 5.57 Å². The highest BCUT2D eigenvalue weighted by molar-refractivity contribution is 5.98. The highest BCUT2D eigenvalue weighted by Crippen LogP contribution is 2.10. The second-order valence-electron chi connectivity index (χ2n) is 4.31. The third kappa shape index (κ3) is 3.31. The van der Waals surface area contributed by atoms with E-state index < -0.39 is 0 Å². The maximum absolute atomic E-state index is 11.9. The Kier molecular flexibility index (Phi) is 4.44. The number of hydrogen-bond donors (Lipinski definition) is 0. The van der Waals surface area contributed by atoms with Gasteiger partial charge in [-0.05, 0) is 38.6 Å². The Morgan fingerprint density at radius 2 is 1.88 bits per heavy atom. The summed E-state index contributed by atoms with van der Waals surface area (Å²) in [6, 6.07) is 9.94. The minimum atomic E-state index is -0.111. The van der Waals surface area contributed by atoms with Gasteiger partial charge < -0.3 is 0 Å². The van der Waals surface area contributed by atoms with Crippen LogP contribution in [0.15, 0.2) is 42.5 Å². The zero-order chi connectivity index (χ0) is 12.1. The lowest BCUT2D eigenvalue weighted by Gasteiger charge is -2.23. The van der Waals surface area contributed by atoms with Crippen LogP contribution in [0.1, 0.15) is 12.5 Å². The quantitative estimate of drug-likeness (QED) is 0.705. The Morgan fingerprint density at radius 3 is 2.31 bits per heavy atom. The molecule has 0 aromatic heterocycles. The van der Waals surface area contributed by atoms with Crippen LogP contribution in [0.4, 0.5) is 0 Å². The molecule has 0 aliphatic carbocycles. The summed E-state index contributed by atoms with van der Waals surface area (Å²) < 4.78 is 0. The Balaban J connectivity index is 2.81. The van der Waals surface area contributed by atoms with Gasteiger partial charge in [0.05, 0.1) is 6.04 Å². The van der Waals surface area contributed by atoms with E-state index in [2.05, 4.69) is 6.58 Å². The molecule has 2 heteroatoms. The number of carbonyl (C=O) groups is 1. The van der Waals surface area contributed by atoms with Crippen LogP contribution in [0.5, 0.6) is 0 Å². The van der Waals surface area contributed by atoms with E-state index in [1.54, 1.807) is 6.92 Å². The summed E-state index contributed by atoms with van der Waals surface area (Å²) in [7, 11) is 3.85. The first-order valence-corrected chi connectivity index (χ1v) is 5.42. The average molecular weight is 217 g/mol. The predicted molar refractivity (Wildman–Crippen MR) is 67.4 cm³/mol. The van der Waals surface area contributed by atoms with Crippen molar-refractivity contribution in [1.82, 2.24) is 4.90 Å². The summed E-state index contributed by atoms with van der Waals surface area (Å²) in [5.74, 6) is 0.119. The van der Waals surface area contributed by atoms with Gasteiger partial charge in [-0.3, -0.25) is 9.69 Å². The van der Waals surface area contributed by atoms with Crippen LogP contribution in [-0.4, -0.2) is 30.8 Å². The van der Waals surface area contributed by atoms with Crippen molar-refractivity contribution in [3.63, 3.8) is 0 Å². The normalized spacial score (nSPS) is 12.5. The standard InChI is InChI=1S/C14H19NO/c1-11(2)14(16)13(15(3)4)10-12-8-6-5-7-9-12/h5-9,13H,1,10H2,2-4H3/t13-/m1/s1. The van der Waals surface area contributed by atoms with Gasteiger partial charge in [0.1, 0.15) is 0 Å². The summed E-state index contributed by atoms with van der Waals surface area (Å²) in [5, 5.41) is 0. The number of ketones is 1. The monoisotopic (exact) mass is 217 g/mol. The van der Waals surface area contributed by atoms with Crippen molar-refractivity contribution in [1.29, 1.82) is 0 Å². The van der Waals surface area contributed by atoms with E-state index in [1.165, 1.54) is 5.56 Å². The molecule has 0 unspecified atom stereocenters. The average Bonchev–Trinajstić information content (AvgIpc) is 2.26. The summed E-state index contributed by atoms with van der Waals surface area (Å²) in [6.07, 6.45) is 0.736. The van der Waals surface area contributed by atoms with Gasteiger partial charge in [0.15, 0.2) is 5.78 Å². The third-order valence-corrected chi connectivity index (χ3v) is 2.62. The molecule has 86 valence electrons. The topological polar surface area (TPSA) is 20.3 Å². The number of hydrogen-bond acceptors (Lipinski definition) is 2. The smallest absolute Gasteiger partial charge is 0.175 e. The number of likely N-dealkylation sites (N-methyl/N-ethyl adjacent to an activating group) is 1. The molecule has 0 fully saturated rings. The van der Waals surface area contributed by atoms with E-state index in [4.69, 9.17) is 0 Å². The van der Waals surface area contributed by atoms with Gasteiger partial charge in [-0.15, -0.1) is 0 Å². The Bertz CT molecular complexity index is 368. The van der Waals surface area contributed by atoms with Crippen molar-refractivity contribution in [2.45, 2.75) is 19.4 Å². The summed E-state index contributed by atoms with van der Waals surface area (Å²) in [4.78, 5) is 13.9. The molecule has 0 radical (unpaired) electrons. The predicted octanol–water partition coefficient (Wildman–Crippen LogP) is 2.30. The molecule has 1 aromatic carbocycles. The molecule has 1 rings (SSSR count). The molecular formula is C14H19NO.